The van der Waals surface area contributed by atoms with Crippen LogP contribution in [0.1, 0.15) is 5.56 Å². The standard InChI is InChI=1S/C10H9NO2/c1-6-4-10(12)13-9-5-7(11)2-3-8(6)9/h2-5H,11H2,1H3/i1+1,6+1. The summed E-state index contributed by atoms with van der Waals surface area (Å²) < 4.78 is 4.99. The lowest BCUT2D eigenvalue weighted by Gasteiger charge is -2.00. The smallest absolute Gasteiger partial charge is 0.336 e. The van der Waals surface area contributed by atoms with E-state index in [1.165, 1.54) is 6.07 Å². The number of fused-ring (bicyclic) bond motifs is 1. The van der Waals surface area contributed by atoms with Gasteiger partial charge in [0.25, 0.3) is 0 Å². The van der Waals surface area contributed by atoms with Crippen molar-refractivity contribution in [2.24, 2.45) is 0 Å². The molecule has 1 aromatic heterocycles. The van der Waals surface area contributed by atoms with Gasteiger partial charge in [0.05, 0.1) is 0 Å². The van der Waals surface area contributed by atoms with Crippen LogP contribution in [-0.4, -0.2) is 0 Å². The molecule has 0 radical (unpaired) electrons. The van der Waals surface area contributed by atoms with E-state index < -0.39 is 0 Å². The van der Waals surface area contributed by atoms with Crippen LogP contribution in [0.25, 0.3) is 11.0 Å². The van der Waals surface area contributed by atoms with Crippen LogP contribution in [0.2, 0.25) is 0 Å². The van der Waals surface area contributed by atoms with Crippen molar-refractivity contribution in [1.82, 2.24) is 0 Å². The largest absolute Gasteiger partial charge is 0.423 e. The topological polar surface area (TPSA) is 56.2 Å². The van der Waals surface area contributed by atoms with Gasteiger partial charge in [-0.05, 0) is 24.6 Å². The Kier molecular flexibility index (Phi) is 1.59. The molecule has 0 aliphatic carbocycles. The molecule has 0 saturated heterocycles. The Morgan fingerprint density at radius 1 is 1.31 bits per heavy atom. The molecule has 0 bridgehead atoms. The van der Waals surface area contributed by atoms with Gasteiger partial charge in [0.2, 0.25) is 0 Å². The first-order valence-electron chi connectivity index (χ1n) is 3.97. The minimum atomic E-state index is -0.337. The molecule has 1 aromatic carbocycles. The molecule has 0 aliphatic heterocycles. The van der Waals surface area contributed by atoms with Crippen molar-refractivity contribution >= 4 is 16.7 Å². The monoisotopic (exact) mass is 177 g/mol. The Labute approximate surface area is 74.8 Å². The minimum absolute atomic E-state index is 0.337. The van der Waals surface area contributed by atoms with Crippen molar-refractivity contribution in [3.63, 3.8) is 0 Å². The van der Waals surface area contributed by atoms with Gasteiger partial charge in [-0.1, -0.05) is 0 Å². The summed E-state index contributed by atoms with van der Waals surface area (Å²) in [7, 11) is 0. The quantitative estimate of drug-likeness (QED) is 0.378. The molecular formula is C10H9NO2. The van der Waals surface area contributed by atoms with Crippen LogP contribution in [0.15, 0.2) is 33.5 Å². The third-order valence-electron chi connectivity index (χ3n) is 1.98. The maximum absolute atomic E-state index is 11.0. The van der Waals surface area contributed by atoms with E-state index in [0.717, 1.165) is 10.9 Å². The molecule has 13 heavy (non-hydrogen) atoms. The van der Waals surface area contributed by atoms with E-state index in [1.54, 1.807) is 12.1 Å². The van der Waals surface area contributed by atoms with Gasteiger partial charge < -0.3 is 10.2 Å². The van der Waals surface area contributed by atoms with Crippen molar-refractivity contribution < 1.29 is 4.42 Å². The molecule has 66 valence electrons. The number of rotatable bonds is 0. The van der Waals surface area contributed by atoms with Crippen molar-refractivity contribution in [3.8, 4) is 0 Å². The molecule has 2 aromatic rings. The number of hydrogen-bond donors (Lipinski definition) is 1. The first-order chi connectivity index (χ1) is 6.16. The molecule has 2 N–H and O–H groups in total. The lowest BCUT2D eigenvalue weighted by Crippen LogP contribution is -1.98. The average Bonchev–Trinajstić information content (AvgIpc) is 2.02. The van der Waals surface area contributed by atoms with E-state index >= 15 is 0 Å². The SMILES string of the molecule is [13CH3][13c]1cc(=O)oc2cc(N)ccc21. The Hall–Kier alpha value is -1.77. The van der Waals surface area contributed by atoms with Crippen LogP contribution in [-0.2, 0) is 0 Å². The van der Waals surface area contributed by atoms with Crippen molar-refractivity contribution in [2.45, 2.75) is 6.92 Å². The summed E-state index contributed by atoms with van der Waals surface area (Å²) in [6.07, 6.45) is 0. The number of nitrogen functional groups attached to an aromatic ring is 1. The van der Waals surface area contributed by atoms with Gasteiger partial charge >= 0.3 is 5.63 Å². The highest BCUT2D eigenvalue weighted by atomic mass is 16.4. The fraction of sp³-hybridized carbons (Fsp3) is 0.100. The van der Waals surface area contributed by atoms with E-state index in [9.17, 15) is 4.79 Å². The van der Waals surface area contributed by atoms with Crippen molar-refractivity contribution in [1.29, 1.82) is 0 Å². The van der Waals surface area contributed by atoms with E-state index in [-0.39, 0.29) is 5.63 Å². The van der Waals surface area contributed by atoms with Crippen LogP contribution >= 0.6 is 0 Å². The van der Waals surface area contributed by atoms with Crippen LogP contribution in [0.4, 0.5) is 5.69 Å². The summed E-state index contributed by atoms with van der Waals surface area (Å²) in [5.41, 5.74) is 7.28. The molecule has 0 aliphatic rings. The number of anilines is 1. The fourth-order valence-electron chi connectivity index (χ4n) is 1.34. The molecule has 0 amide bonds. The van der Waals surface area contributed by atoms with Gasteiger partial charge in [0.1, 0.15) is 5.58 Å². The first-order valence-corrected chi connectivity index (χ1v) is 3.97. The lowest BCUT2D eigenvalue weighted by atomic mass is 10.2. The first kappa shape index (κ1) is 7.86. The molecule has 0 saturated carbocycles. The van der Waals surface area contributed by atoms with Gasteiger partial charge in [0.15, 0.2) is 0 Å². The van der Waals surface area contributed by atoms with Gasteiger partial charge in [-0.15, -0.1) is 0 Å². The van der Waals surface area contributed by atoms with E-state index in [1.807, 2.05) is 13.0 Å². The van der Waals surface area contributed by atoms with Gasteiger partial charge in [0, 0.05) is 23.2 Å². The van der Waals surface area contributed by atoms with Crippen LogP contribution in [0, 0.1) is 6.92 Å². The zero-order chi connectivity index (χ0) is 9.42. The molecule has 1 heterocycles. The summed E-state index contributed by atoms with van der Waals surface area (Å²) in [6, 6.07) is 6.76. The normalized spacial score (nSPS) is 10.5. The molecule has 3 heteroatoms. The van der Waals surface area contributed by atoms with Gasteiger partial charge in [-0.25, -0.2) is 4.79 Å². The van der Waals surface area contributed by atoms with Gasteiger partial charge in [-0.3, -0.25) is 0 Å². The second-order valence-electron chi connectivity index (χ2n) is 3.00. The highest BCUT2D eigenvalue weighted by Crippen LogP contribution is 2.18. The second kappa shape index (κ2) is 2.62. The predicted octanol–water partition coefficient (Wildman–Crippen LogP) is 1.68. The Balaban J connectivity index is 2.94. The zero-order valence-electron chi connectivity index (χ0n) is 7.20. The predicted molar refractivity (Wildman–Crippen MR) is 51.6 cm³/mol. The number of aryl methyl sites for hydroxylation is 1. The van der Waals surface area contributed by atoms with E-state index in [4.69, 9.17) is 10.2 Å². The summed E-state index contributed by atoms with van der Waals surface area (Å²) in [5.74, 6) is 0. The molecule has 0 atom stereocenters. The summed E-state index contributed by atoms with van der Waals surface area (Å²) in [4.78, 5) is 11.0. The molecule has 2 rings (SSSR count). The van der Waals surface area contributed by atoms with Gasteiger partial charge in [-0.2, -0.15) is 0 Å². The van der Waals surface area contributed by atoms with Crippen LogP contribution < -0.4 is 11.4 Å². The number of hydrogen-bond acceptors (Lipinski definition) is 3. The lowest BCUT2D eigenvalue weighted by molar-refractivity contribution is 0.560. The Bertz CT molecular complexity index is 514. The summed E-state index contributed by atoms with van der Waals surface area (Å²) in [5, 5.41) is 0.925. The third kappa shape index (κ3) is 1.28. The van der Waals surface area contributed by atoms with Crippen LogP contribution in [0.3, 0.4) is 0 Å². The Morgan fingerprint density at radius 2 is 2.08 bits per heavy atom. The molecular weight excluding hydrogens is 168 g/mol. The molecule has 0 unspecified atom stereocenters. The fourth-order valence-corrected chi connectivity index (χ4v) is 1.34. The Morgan fingerprint density at radius 3 is 2.85 bits per heavy atom. The second-order valence-corrected chi connectivity index (χ2v) is 3.00. The zero-order valence-corrected chi connectivity index (χ0v) is 7.20. The molecule has 3 nitrogen and oxygen atoms in total. The number of benzene rings is 1. The van der Waals surface area contributed by atoms with Crippen molar-refractivity contribution in [3.05, 3.63) is 40.2 Å². The van der Waals surface area contributed by atoms with E-state index in [0.29, 0.717) is 11.3 Å². The minimum Gasteiger partial charge on any atom is -0.423 e. The summed E-state index contributed by atoms with van der Waals surface area (Å²) in [6.45, 7) is 1.87. The van der Waals surface area contributed by atoms with E-state index in [2.05, 4.69) is 0 Å². The molecule has 0 spiro atoms. The highest BCUT2D eigenvalue weighted by molar-refractivity contribution is 5.82. The molecule has 0 fully saturated rings. The summed E-state index contributed by atoms with van der Waals surface area (Å²) >= 11 is 0. The maximum Gasteiger partial charge on any atom is 0.336 e. The highest BCUT2D eigenvalue weighted by Gasteiger charge is 2.00. The maximum atomic E-state index is 11.0. The van der Waals surface area contributed by atoms with Crippen molar-refractivity contribution in [2.75, 3.05) is 5.73 Å². The number of nitrogens with two attached hydrogens (primary N) is 1. The average molecular weight is 177 g/mol. The third-order valence-corrected chi connectivity index (χ3v) is 1.98. The van der Waals surface area contributed by atoms with Crippen LogP contribution in [0.5, 0.6) is 0 Å².